The molecule has 0 radical (unpaired) electrons. The van der Waals surface area contributed by atoms with Crippen molar-refractivity contribution in [2.24, 2.45) is 0 Å². The molecule has 0 aliphatic heterocycles. The van der Waals surface area contributed by atoms with E-state index < -0.39 is 29.8 Å². The summed E-state index contributed by atoms with van der Waals surface area (Å²) < 4.78 is 74.8. The molecule has 8 nitrogen and oxygen atoms in total. The number of ether oxygens (including phenoxy) is 1. The van der Waals surface area contributed by atoms with Crippen LogP contribution in [0.5, 0.6) is 5.75 Å². The molecule has 0 fully saturated rings. The summed E-state index contributed by atoms with van der Waals surface area (Å²) in [7, 11) is 1.44. The highest BCUT2D eigenvalue weighted by Gasteiger charge is 2.30. The van der Waals surface area contributed by atoms with Gasteiger partial charge in [-0.25, -0.2) is 18.3 Å². The van der Waals surface area contributed by atoms with Gasteiger partial charge >= 0.3 is 6.18 Å². The number of carbonyl (C=O) groups excluding carboxylic acids is 1. The Labute approximate surface area is 224 Å². The van der Waals surface area contributed by atoms with Crippen LogP contribution in [0.4, 0.5) is 27.8 Å². The Balaban J connectivity index is 1.45. The summed E-state index contributed by atoms with van der Waals surface area (Å²) in [4.78, 5) is 17.6. The lowest BCUT2D eigenvalue weighted by atomic mass is 10.1. The van der Waals surface area contributed by atoms with Gasteiger partial charge in [0.05, 0.1) is 31.1 Å². The molecule has 1 amide bonds. The third-order valence-electron chi connectivity index (χ3n) is 6.16. The van der Waals surface area contributed by atoms with Crippen LogP contribution < -0.4 is 10.1 Å². The van der Waals surface area contributed by atoms with E-state index in [1.807, 2.05) is 0 Å². The zero-order chi connectivity index (χ0) is 28.6. The molecule has 5 rings (SSSR count). The molecule has 0 spiro atoms. The number of hydrogen-bond donors (Lipinski definition) is 1. The van der Waals surface area contributed by atoms with E-state index in [9.17, 15) is 26.7 Å². The topological polar surface area (TPSA) is 86.3 Å². The molecule has 3 aromatic heterocycles. The monoisotopic (exact) mass is 556 g/mol. The van der Waals surface area contributed by atoms with E-state index in [2.05, 4.69) is 20.5 Å². The standard InChI is InChI=1S/C27H21F5N6O2/c1-15-10-23(36-37(15)14-16-6-5-7-17(11-16)27(30,31)32)35-26(39)19-13-33-38-21(24(28)29)12-20(34-25(19)38)18-8-3-4-9-22(18)40-2/h3-13,24H,14H2,1-2H3,(H,35,36,39). The number of nitrogens with zero attached hydrogens (tertiary/aromatic N) is 5. The molecular formula is C27H21F5N6O2. The van der Waals surface area contributed by atoms with Gasteiger partial charge in [0.25, 0.3) is 12.3 Å². The van der Waals surface area contributed by atoms with Crippen molar-refractivity contribution in [2.75, 3.05) is 12.4 Å². The first-order valence-corrected chi connectivity index (χ1v) is 11.9. The number of halogens is 5. The minimum Gasteiger partial charge on any atom is -0.496 e. The van der Waals surface area contributed by atoms with Crippen molar-refractivity contribution in [2.45, 2.75) is 26.1 Å². The van der Waals surface area contributed by atoms with E-state index in [-0.39, 0.29) is 29.3 Å². The number of carbonyl (C=O) groups is 1. The summed E-state index contributed by atoms with van der Waals surface area (Å²) in [6.45, 7) is 1.71. The van der Waals surface area contributed by atoms with Crippen molar-refractivity contribution < 1.29 is 31.5 Å². The number of hydrogen-bond acceptors (Lipinski definition) is 5. The van der Waals surface area contributed by atoms with Gasteiger partial charge in [0.2, 0.25) is 0 Å². The fourth-order valence-corrected chi connectivity index (χ4v) is 4.23. The van der Waals surface area contributed by atoms with E-state index in [0.717, 1.165) is 22.8 Å². The van der Waals surface area contributed by atoms with Gasteiger partial charge in [-0.2, -0.15) is 23.4 Å². The molecule has 40 heavy (non-hydrogen) atoms. The van der Waals surface area contributed by atoms with Crippen molar-refractivity contribution >= 4 is 17.4 Å². The van der Waals surface area contributed by atoms with Crippen LogP contribution in [0.2, 0.25) is 0 Å². The molecule has 0 atom stereocenters. The van der Waals surface area contributed by atoms with Gasteiger partial charge in [-0.1, -0.05) is 24.3 Å². The second-order valence-corrected chi connectivity index (χ2v) is 8.84. The molecule has 0 bridgehead atoms. The van der Waals surface area contributed by atoms with Crippen LogP contribution in [-0.4, -0.2) is 37.4 Å². The number of para-hydroxylation sites is 1. The van der Waals surface area contributed by atoms with Gasteiger partial charge in [0.1, 0.15) is 17.0 Å². The lowest BCUT2D eigenvalue weighted by molar-refractivity contribution is -0.137. The first-order valence-electron chi connectivity index (χ1n) is 11.9. The molecule has 0 saturated heterocycles. The molecule has 206 valence electrons. The Morgan fingerprint density at radius 2 is 1.85 bits per heavy atom. The Hall–Kier alpha value is -4.81. The number of rotatable bonds is 7. The highest BCUT2D eigenvalue weighted by atomic mass is 19.4. The Bertz CT molecular complexity index is 1710. The lowest BCUT2D eigenvalue weighted by Crippen LogP contribution is -2.14. The molecule has 0 unspecified atom stereocenters. The maximum Gasteiger partial charge on any atom is 0.416 e. The third kappa shape index (κ3) is 5.22. The second-order valence-electron chi connectivity index (χ2n) is 8.84. The summed E-state index contributed by atoms with van der Waals surface area (Å²) >= 11 is 0. The minimum atomic E-state index is -4.48. The summed E-state index contributed by atoms with van der Waals surface area (Å²) in [5.74, 6) is -0.181. The van der Waals surface area contributed by atoms with E-state index in [1.165, 1.54) is 30.0 Å². The molecule has 0 aliphatic rings. The van der Waals surface area contributed by atoms with Crippen LogP contribution >= 0.6 is 0 Å². The number of anilines is 1. The summed E-state index contributed by atoms with van der Waals surface area (Å²) in [5.41, 5.74) is 0.131. The number of methoxy groups -OCH3 is 1. The molecule has 0 aliphatic carbocycles. The normalized spacial score (nSPS) is 11.8. The number of fused-ring (bicyclic) bond motifs is 1. The molecular weight excluding hydrogens is 535 g/mol. The first kappa shape index (κ1) is 26.8. The predicted molar refractivity (Wildman–Crippen MR) is 135 cm³/mol. The molecule has 13 heteroatoms. The fourth-order valence-electron chi connectivity index (χ4n) is 4.23. The number of amides is 1. The Morgan fingerprint density at radius 1 is 1.07 bits per heavy atom. The van der Waals surface area contributed by atoms with Gasteiger partial charge in [-0.15, -0.1) is 0 Å². The molecule has 0 saturated carbocycles. The minimum absolute atomic E-state index is 0.0317. The van der Waals surface area contributed by atoms with Crippen LogP contribution in [0.1, 0.15) is 39.3 Å². The predicted octanol–water partition coefficient (Wildman–Crippen LogP) is 6.17. The van der Waals surface area contributed by atoms with E-state index >= 15 is 0 Å². The van der Waals surface area contributed by atoms with E-state index in [0.29, 0.717) is 22.6 Å². The summed E-state index contributed by atoms with van der Waals surface area (Å²) in [6.07, 6.45) is -6.27. The molecule has 5 aromatic rings. The van der Waals surface area contributed by atoms with Crippen LogP contribution in [0, 0.1) is 6.92 Å². The van der Waals surface area contributed by atoms with Gasteiger partial charge in [0, 0.05) is 17.3 Å². The molecule has 1 N–H and O–H groups in total. The van der Waals surface area contributed by atoms with Crippen LogP contribution in [0.15, 0.2) is 66.9 Å². The fraction of sp³-hybridized carbons (Fsp3) is 0.185. The van der Waals surface area contributed by atoms with E-state index in [4.69, 9.17) is 4.74 Å². The first-order chi connectivity index (χ1) is 19.0. The van der Waals surface area contributed by atoms with Crippen molar-refractivity contribution in [3.63, 3.8) is 0 Å². The summed E-state index contributed by atoms with van der Waals surface area (Å²) in [6, 6.07) is 14.3. The molecule has 3 heterocycles. The average Bonchev–Trinajstić information content (AvgIpc) is 3.50. The molecule has 2 aromatic carbocycles. The largest absolute Gasteiger partial charge is 0.496 e. The average molecular weight is 556 g/mol. The highest BCUT2D eigenvalue weighted by molar-refractivity contribution is 6.07. The lowest BCUT2D eigenvalue weighted by Gasteiger charge is -2.11. The number of alkyl halides is 5. The van der Waals surface area contributed by atoms with Crippen molar-refractivity contribution in [3.05, 3.63) is 94.9 Å². The van der Waals surface area contributed by atoms with Gasteiger partial charge in [-0.3, -0.25) is 9.48 Å². The maximum atomic E-state index is 14.0. The van der Waals surface area contributed by atoms with Crippen LogP contribution in [-0.2, 0) is 12.7 Å². The second kappa shape index (κ2) is 10.4. The van der Waals surface area contributed by atoms with Crippen LogP contribution in [0.25, 0.3) is 16.9 Å². The SMILES string of the molecule is COc1ccccc1-c1cc(C(F)F)n2ncc(C(=O)Nc3cc(C)n(Cc4cccc(C(F)(F)F)c4)n3)c2n1. The zero-order valence-electron chi connectivity index (χ0n) is 21.1. The Kier molecular flexibility index (Phi) is 6.96. The van der Waals surface area contributed by atoms with Crippen LogP contribution in [0.3, 0.4) is 0 Å². The number of nitrogens with one attached hydrogen (secondary N) is 1. The number of aromatic nitrogens is 5. The van der Waals surface area contributed by atoms with Gasteiger partial charge in [0.15, 0.2) is 11.5 Å². The van der Waals surface area contributed by atoms with E-state index in [1.54, 1.807) is 37.3 Å². The van der Waals surface area contributed by atoms with Crippen molar-refractivity contribution in [3.8, 4) is 17.0 Å². The smallest absolute Gasteiger partial charge is 0.416 e. The zero-order valence-corrected chi connectivity index (χ0v) is 21.1. The number of benzene rings is 2. The Morgan fingerprint density at radius 3 is 2.58 bits per heavy atom. The summed E-state index contributed by atoms with van der Waals surface area (Å²) in [5, 5.41) is 10.8. The third-order valence-corrected chi connectivity index (χ3v) is 6.16. The van der Waals surface area contributed by atoms with Gasteiger partial charge < -0.3 is 10.1 Å². The van der Waals surface area contributed by atoms with Crippen molar-refractivity contribution in [1.82, 2.24) is 24.4 Å². The quantitative estimate of drug-likeness (QED) is 0.243. The van der Waals surface area contributed by atoms with Crippen molar-refractivity contribution in [1.29, 1.82) is 0 Å². The highest BCUT2D eigenvalue weighted by Crippen LogP contribution is 2.32. The number of aryl methyl sites for hydroxylation is 1. The maximum absolute atomic E-state index is 14.0. The van der Waals surface area contributed by atoms with Gasteiger partial charge in [-0.05, 0) is 42.8 Å².